The number of aliphatic carboxylic acids is 1. The van der Waals surface area contributed by atoms with Crippen molar-refractivity contribution in [1.29, 1.82) is 0 Å². The summed E-state index contributed by atoms with van der Waals surface area (Å²) < 4.78 is 11.9. The van der Waals surface area contributed by atoms with Crippen LogP contribution in [0.1, 0.15) is 118 Å². The molecule has 9 atom stereocenters. The van der Waals surface area contributed by atoms with Crippen LogP contribution in [0, 0.1) is 51.2 Å². The molecule has 7 rings (SSSR count). The van der Waals surface area contributed by atoms with E-state index in [0.29, 0.717) is 34.1 Å². The van der Waals surface area contributed by atoms with E-state index in [1.54, 1.807) is 5.57 Å². The lowest BCUT2D eigenvalue weighted by Crippen LogP contribution is -2.67. The summed E-state index contributed by atoms with van der Waals surface area (Å²) in [5.41, 5.74) is 4.60. The van der Waals surface area contributed by atoms with E-state index in [4.69, 9.17) is 0 Å². The van der Waals surface area contributed by atoms with Gasteiger partial charge in [-0.25, -0.2) is 0 Å². The zero-order valence-corrected chi connectivity index (χ0v) is 29.9. The highest BCUT2D eigenvalue weighted by molar-refractivity contribution is 7.85. The van der Waals surface area contributed by atoms with Gasteiger partial charge in [0.15, 0.2) is 0 Å². The van der Waals surface area contributed by atoms with Gasteiger partial charge in [-0.2, -0.15) is 0 Å². The molecule has 7 aliphatic rings. The molecule has 0 radical (unpaired) electrons. The van der Waals surface area contributed by atoms with E-state index < -0.39 is 16.8 Å². The average Bonchev–Trinajstić information content (AvgIpc) is 3.42. The van der Waals surface area contributed by atoms with Crippen LogP contribution in [0.25, 0.3) is 0 Å². The van der Waals surface area contributed by atoms with Gasteiger partial charge in [-0.15, -0.1) is 0 Å². The molecule has 1 heterocycles. The average molecular weight is 639 g/mol. The monoisotopic (exact) mass is 638 g/mol. The molecular weight excluding hydrogens is 577 g/mol. The summed E-state index contributed by atoms with van der Waals surface area (Å²) in [7, 11) is -0.595. The summed E-state index contributed by atoms with van der Waals surface area (Å²) >= 11 is 0. The number of nitrogens with zero attached hydrogens (tertiary/aromatic N) is 1. The van der Waals surface area contributed by atoms with Crippen LogP contribution < -0.4 is 5.32 Å². The number of rotatable bonds is 6. The fourth-order valence-electron chi connectivity index (χ4n) is 13.7. The largest absolute Gasteiger partial charge is 0.481 e. The number of hydrogen-bond donors (Lipinski definition) is 2. The summed E-state index contributed by atoms with van der Waals surface area (Å²) in [6.07, 6.45) is 20.9. The summed E-state index contributed by atoms with van der Waals surface area (Å²) in [6, 6.07) is 0. The van der Waals surface area contributed by atoms with Gasteiger partial charge in [-0.1, -0.05) is 53.2 Å². The number of nitrogens with one attached hydrogen (secondary N) is 1. The Labute approximate surface area is 276 Å². The Morgan fingerprint density at radius 1 is 0.911 bits per heavy atom. The van der Waals surface area contributed by atoms with Crippen LogP contribution in [0.15, 0.2) is 23.3 Å². The summed E-state index contributed by atoms with van der Waals surface area (Å²) in [5, 5.41) is 13.8. The predicted octanol–water partition coefficient (Wildman–Crippen LogP) is 7.60. The lowest BCUT2D eigenvalue weighted by molar-refractivity contribution is -0.218. The van der Waals surface area contributed by atoms with Crippen LogP contribution in [-0.2, 0) is 15.6 Å². The first-order valence-corrected chi connectivity index (χ1v) is 20.3. The molecule has 45 heavy (non-hydrogen) atoms. The van der Waals surface area contributed by atoms with Gasteiger partial charge < -0.3 is 15.3 Å². The number of fused-ring (bicyclic) bond motifs is 7. The van der Waals surface area contributed by atoms with Crippen molar-refractivity contribution in [3.05, 3.63) is 23.3 Å². The number of allylic oxidation sites excluding steroid dienone is 4. The third-order valence-corrected chi connectivity index (χ3v) is 17.5. The molecule has 5 nitrogen and oxygen atoms in total. The molecule has 1 saturated heterocycles. The minimum Gasteiger partial charge on any atom is -0.481 e. The molecule has 252 valence electrons. The van der Waals surface area contributed by atoms with Crippen LogP contribution in [0.4, 0.5) is 0 Å². The molecule has 0 bridgehead atoms. The summed E-state index contributed by atoms with van der Waals surface area (Å²) in [4.78, 5) is 14.2. The Kier molecular flexibility index (Phi) is 8.37. The number of carbonyl (C=O) groups is 1. The first kappa shape index (κ1) is 32.6. The number of carboxylic acids is 1. The molecule has 6 heteroatoms. The van der Waals surface area contributed by atoms with Crippen LogP contribution in [0.5, 0.6) is 0 Å². The molecule has 2 N–H and O–H groups in total. The van der Waals surface area contributed by atoms with Gasteiger partial charge in [-0.3, -0.25) is 9.00 Å². The van der Waals surface area contributed by atoms with Crippen molar-refractivity contribution in [1.82, 2.24) is 10.2 Å². The second-order valence-electron chi connectivity index (χ2n) is 18.0. The van der Waals surface area contributed by atoms with Crippen molar-refractivity contribution in [2.75, 3.05) is 37.7 Å². The Morgan fingerprint density at radius 3 is 2.40 bits per heavy atom. The highest BCUT2D eigenvalue weighted by Crippen LogP contribution is 2.76. The highest BCUT2D eigenvalue weighted by atomic mass is 32.2. The fraction of sp³-hybridized carbons (Fsp3) is 0.872. The van der Waals surface area contributed by atoms with Crippen molar-refractivity contribution >= 4 is 16.8 Å². The van der Waals surface area contributed by atoms with Crippen LogP contribution >= 0.6 is 0 Å². The Morgan fingerprint density at radius 2 is 1.69 bits per heavy atom. The molecule has 1 aliphatic heterocycles. The van der Waals surface area contributed by atoms with E-state index in [-0.39, 0.29) is 11.3 Å². The van der Waals surface area contributed by atoms with Gasteiger partial charge in [-0.05, 0) is 134 Å². The normalized spacial score (nSPS) is 46.6. The first-order valence-electron chi connectivity index (χ1n) is 18.8. The minimum atomic E-state index is -0.629. The molecule has 5 fully saturated rings. The molecule has 0 aromatic heterocycles. The number of carboxylic acid groups (broad SMARTS) is 1. The molecule has 0 amide bonds. The predicted molar refractivity (Wildman–Crippen MR) is 184 cm³/mol. The maximum absolute atomic E-state index is 11.9. The molecule has 7 unspecified atom stereocenters. The molecular formula is C39H62N2O3S. The maximum Gasteiger partial charge on any atom is 0.306 e. The quantitative estimate of drug-likeness (QED) is 0.314. The van der Waals surface area contributed by atoms with E-state index in [1.165, 1.54) is 69.8 Å². The van der Waals surface area contributed by atoms with Crippen LogP contribution in [0.3, 0.4) is 0 Å². The van der Waals surface area contributed by atoms with Gasteiger partial charge in [0.25, 0.3) is 0 Å². The molecule has 0 spiro atoms. The van der Waals surface area contributed by atoms with Crippen molar-refractivity contribution < 1.29 is 14.1 Å². The van der Waals surface area contributed by atoms with Crippen LogP contribution in [-0.4, -0.2) is 63.4 Å². The van der Waals surface area contributed by atoms with E-state index in [0.717, 1.165) is 68.3 Å². The Hall–Kier alpha value is -0.980. The van der Waals surface area contributed by atoms with Crippen molar-refractivity contribution in [3.63, 3.8) is 0 Å². The van der Waals surface area contributed by atoms with Gasteiger partial charge in [0.2, 0.25) is 0 Å². The fourth-order valence-corrected chi connectivity index (χ4v) is 14.8. The smallest absolute Gasteiger partial charge is 0.306 e. The molecule has 4 saturated carbocycles. The van der Waals surface area contributed by atoms with E-state index in [2.05, 4.69) is 57.0 Å². The van der Waals surface area contributed by atoms with E-state index in [1.807, 2.05) is 0 Å². The zero-order chi connectivity index (χ0) is 31.8. The van der Waals surface area contributed by atoms with Crippen molar-refractivity contribution in [2.45, 2.75) is 124 Å². The third-order valence-electron chi connectivity index (χ3n) is 16.2. The van der Waals surface area contributed by atoms with Crippen LogP contribution in [0.2, 0.25) is 0 Å². The molecule has 6 aliphatic carbocycles. The standard InChI is InChI=1S/C39H62N2O3S/c1-35(2)29(27-8-10-28(11-9-27)34(42)43)14-17-36(3)32(35)15-18-38(5)33(36)13-12-30-31-7-6-16-39(31,20-19-37(30,38)4)40-21-22-41-23-25-45(44)26-24-41/h8,14,28,30-33,40H,6-7,9-13,15-26H2,1-5H3,(H,42,43)/t28?,30?,31-,32?,33?,36?,37-,38?,39?/m1/s1. The Bertz CT molecular complexity index is 1260. The topological polar surface area (TPSA) is 69.6 Å². The Balaban J connectivity index is 1.09. The minimum absolute atomic E-state index is 0.133. The second-order valence-corrected chi connectivity index (χ2v) is 19.7. The van der Waals surface area contributed by atoms with E-state index >= 15 is 0 Å². The highest BCUT2D eigenvalue weighted by Gasteiger charge is 2.69. The molecule has 0 aromatic rings. The van der Waals surface area contributed by atoms with Gasteiger partial charge in [0, 0.05) is 54.0 Å². The second kappa shape index (κ2) is 11.6. The third kappa shape index (κ3) is 5.03. The van der Waals surface area contributed by atoms with Gasteiger partial charge in [0.05, 0.1) is 5.92 Å². The van der Waals surface area contributed by atoms with E-state index in [9.17, 15) is 14.1 Å². The lowest BCUT2D eigenvalue weighted by Gasteiger charge is -2.72. The van der Waals surface area contributed by atoms with Gasteiger partial charge >= 0.3 is 5.97 Å². The summed E-state index contributed by atoms with van der Waals surface area (Å²) in [6.45, 7) is 17.5. The zero-order valence-electron chi connectivity index (χ0n) is 29.1. The lowest BCUT2D eigenvalue weighted by atomic mass is 9.33. The SMILES string of the molecule is CC1(C)C(C2=CCC(C(=O)O)CC2)=CCC2(C)C1CCC1(C)C2CCC2[C@H]3CCCC3(NCCN3CCS(=O)CC3)CC[C@]21C. The van der Waals surface area contributed by atoms with Crippen molar-refractivity contribution in [2.24, 2.45) is 51.2 Å². The molecule has 0 aromatic carbocycles. The number of hydrogen-bond acceptors (Lipinski definition) is 4. The first-order chi connectivity index (χ1) is 21.3. The van der Waals surface area contributed by atoms with Crippen molar-refractivity contribution in [3.8, 4) is 0 Å². The van der Waals surface area contributed by atoms with Gasteiger partial charge in [0.1, 0.15) is 0 Å². The maximum atomic E-state index is 11.9. The summed E-state index contributed by atoms with van der Waals surface area (Å²) in [5.74, 6) is 3.98.